The minimum absolute atomic E-state index is 0.955. The number of hydrogen-bond acceptors (Lipinski definition) is 3. The second-order valence-corrected chi connectivity index (χ2v) is 2.49. The predicted molar refractivity (Wildman–Crippen MR) is 37.9 cm³/mol. The molecule has 0 saturated heterocycles. The van der Waals surface area contributed by atoms with Crippen LogP contribution in [0, 0.1) is 0 Å². The van der Waals surface area contributed by atoms with E-state index in [4.69, 9.17) is 4.18 Å². The molecular weight excluding hydrogens is 128 g/mol. The molecule has 0 aromatic rings. The lowest BCUT2D eigenvalue weighted by atomic mass is 10.6. The second-order valence-electron chi connectivity index (χ2n) is 1.07. The molecule has 0 unspecified atom stereocenters. The average Bonchev–Trinajstić information content (AvgIpc) is 1.69. The largest absolute Gasteiger partial charge is 0.319 e. The summed E-state index contributed by atoms with van der Waals surface area (Å²) in [4.78, 5) is 0. The molecular formula is C4H10OS2. The molecule has 0 aliphatic carbocycles. The van der Waals surface area contributed by atoms with E-state index in [2.05, 4.69) is 12.6 Å². The van der Waals surface area contributed by atoms with Crippen molar-refractivity contribution < 1.29 is 4.18 Å². The Morgan fingerprint density at radius 3 is 2.86 bits per heavy atom. The highest BCUT2D eigenvalue weighted by Crippen LogP contribution is 2.01. The van der Waals surface area contributed by atoms with E-state index in [1.165, 1.54) is 12.0 Å². The summed E-state index contributed by atoms with van der Waals surface area (Å²) in [5.41, 5.74) is 0. The highest BCUT2D eigenvalue weighted by molar-refractivity contribution is 7.94. The van der Waals surface area contributed by atoms with Crippen LogP contribution in [0.5, 0.6) is 0 Å². The molecule has 0 radical (unpaired) electrons. The first kappa shape index (κ1) is 7.66. The molecule has 0 aliphatic rings. The smallest absolute Gasteiger partial charge is 0.0503 e. The van der Waals surface area contributed by atoms with Gasteiger partial charge in [-0.2, -0.15) is 12.6 Å². The van der Waals surface area contributed by atoms with Crippen LogP contribution in [-0.2, 0) is 4.18 Å². The van der Waals surface area contributed by atoms with Crippen LogP contribution in [0.1, 0.15) is 6.42 Å². The highest BCUT2D eigenvalue weighted by atomic mass is 32.2. The summed E-state index contributed by atoms with van der Waals surface area (Å²) in [6.07, 6.45) is 1.13. The molecule has 0 fully saturated rings. The second kappa shape index (κ2) is 6.66. The minimum atomic E-state index is 0.955. The van der Waals surface area contributed by atoms with E-state index in [1.807, 2.05) is 0 Å². The van der Waals surface area contributed by atoms with Crippen LogP contribution >= 0.6 is 24.7 Å². The molecule has 0 spiro atoms. The molecule has 0 amide bonds. The van der Waals surface area contributed by atoms with Crippen LogP contribution in [0.25, 0.3) is 0 Å². The summed E-state index contributed by atoms with van der Waals surface area (Å²) in [6.45, 7) is 0. The first-order valence-corrected chi connectivity index (χ1v) is 3.72. The maximum atomic E-state index is 4.73. The molecule has 3 heteroatoms. The SMILES string of the molecule is COSCCCS. The van der Waals surface area contributed by atoms with Gasteiger partial charge in [0.1, 0.15) is 0 Å². The predicted octanol–water partition coefficient (Wildman–Crippen LogP) is 1.60. The zero-order valence-electron chi connectivity index (χ0n) is 4.39. The topological polar surface area (TPSA) is 9.23 Å². The van der Waals surface area contributed by atoms with Gasteiger partial charge in [-0.1, -0.05) is 0 Å². The zero-order chi connectivity index (χ0) is 5.54. The standard InChI is InChI=1S/C4H10OS2/c1-5-7-4-2-3-6/h6H,2-4H2,1H3. The van der Waals surface area contributed by atoms with Crippen LogP contribution < -0.4 is 0 Å². The van der Waals surface area contributed by atoms with Gasteiger partial charge in [0.05, 0.1) is 7.11 Å². The van der Waals surface area contributed by atoms with E-state index >= 15 is 0 Å². The lowest BCUT2D eigenvalue weighted by Gasteiger charge is -1.91. The Balaban J connectivity index is 2.45. The molecule has 0 saturated carbocycles. The fourth-order valence-corrected chi connectivity index (χ4v) is 1.01. The van der Waals surface area contributed by atoms with E-state index in [1.54, 1.807) is 7.11 Å². The van der Waals surface area contributed by atoms with Gasteiger partial charge >= 0.3 is 0 Å². The number of hydrogen-bond donors (Lipinski definition) is 1. The van der Waals surface area contributed by atoms with E-state index in [0.29, 0.717) is 0 Å². The van der Waals surface area contributed by atoms with Gasteiger partial charge in [0.2, 0.25) is 0 Å². The first-order valence-electron chi connectivity index (χ1n) is 2.18. The van der Waals surface area contributed by atoms with E-state index < -0.39 is 0 Å². The Morgan fingerprint density at radius 1 is 1.71 bits per heavy atom. The van der Waals surface area contributed by atoms with Crippen molar-refractivity contribution in [3.63, 3.8) is 0 Å². The normalized spacial score (nSPS) is 9.43. The Hall–Kier alpha value is 0.660. The Kier molecular flexibility index (Phi) is 7.29. The molecule has 0 aromatic carbocycles. The van der Waals surface area contributed by atoms with Crippen LogP contribution in [0.15, 0.2) is 0 Å². The minimum Gasteiger partial charge on any atom is -0.319 e. The van der Waals surface area contributed by atoms with Crippen molar-refractivity contribution in [1.29, 1.82) is 0 Å². The summed E-state index contributed by atoms with van der Waals surface area (Å²) in [7, 11) is 1.68. The van der Waals surface area contributed by atoms with E-state index in [-0.39, 0.29) is 0 Å². The molecule has 0 aliphatic heterocycles. The lowest BCUT2D eigenvalue weighted by molar-refractivity contribution is 0.489. The summed E-state index contributed by atoms with van der Waals surface area (Å²) < 4.78 is 4.73. The summed E-state index contributed by atoms with van der Waals surface area (Å²) >= 11 is 5.51. The van der Waals surface area contributed by atoms with Crippen LogP contribution in [0.2, 0.25) is 0 Å². The van der Waals surface area contributed by atoms with Crippen molar-refractivity contribution in [2.24, 2.45) is 0 Å². The van der Waals surface area contributed by atoms with Gasteiger partial charge < -0.3 is 4.18 Å². The quantitative estimate of drug-likeness (QED) is 0.359. The third-order valence-electron chi connectivity index (χ3n) is 0.504. The van der Waals surface area contributed by atoms with Gasteiger partial charge in [-0.3, -0.25) is 0 Å². The van der Waals surface area contributed by atoms with Crippen molar-refractivity contribution in [2.75, 3.05) is 18.6 Å². The Morgan fingerprint density at radius 2 is 2.43 bits per heavy atom. The fourth-order valence-electron chi connectivity index (χ4n) is 0.207. The van der Waals surface area contributed by atoms with E-state index in [9.17, 15) is 0 Å². The van der Waals surface area contributed by atoms with Crippen molar-refractivity contribution in [3.8, 4) is 0 Å². The number of thiol groups is 1. The van der Waals surface area contributed by atoms with Gasteiger partial charge in [0.15, 0.2) is 0 Å². The molecule has 7 heavy (non-hydrogen) atoms. The fraction of sp³-hybridized carbons (Fsp3) is 1.00. The monoisotopic (exact) mass is 138 g/mol. The maximum absolute atomic E-state index is 4.73. The van der Waals surface area contributed by atoms with Gasteiger partial charge in [-0.15, -0.1) is 0 Å². The molecule has 0 rings (SSSR count). The Bertz CT molecular complexity index is 28.9. The average molecular weight is 138 g/mol. The van der Waals surface area contributed by atoms with E-state index in [0.717, 1.165) is 17.9 Å². The van der Waals surface area contributed by atoms with Crippen molar-refractivity contribution in [1.82, 2.24) is 0 Å². The van der Waals surface area contributed by atoms with Gasteiger partial charge in [0.25, 0.3) is 0 Å². The molecule has 0 heterocycles. The maximum Gasteiger partial charge on any atom is 0.0503 e. The van der Waals surface area contributed by atoms with Crippen LogP contribution in [0.4, 0.5) is 0 Å². The molecule has 1 nitrogen and oxygen atoms in total. The van der Waals surface area contributed by atoms with Gasteiger partial charge in [-0.25, -0.2) is 0 Å². The molecule has 0 aromatic heterocycles. The number of rotatable bonds is 4. The third-order valence-corrected chi connectivity index (χ3v) is 1.51. The van der Waals surface area contributed by atoms with Gasteiger partial charge in [-0.05, 0) is 24.2 Å². The molecule has 0 bridgehead atoms. The van der Waals surface area contributed by atoms with Crippen molar-refractivity contribution >= 4 is 24.7 Å². The molecule has 44 valence electrons. The lowest BCUT2D eigenvalue weighted by Crippen LogP contribution is -1.79. The summed E-state index contributed by atoms with van der Waals surface area (Å²) in [5, 5.41) is 0. The first-order chi connectivity index (χ1) is 3.41. The molecule has 0 N–H and O–H groups in total. The van der Waals surface area contributed by atoms with Crippen LogP contribution in [-0.4, -0.2) is 18.6 Å². The highest BCUT2D eigenvalue weighted by Gasteiger charge is 1.81. The van der Waals surface area contributed by atoms with Crippen molar-refractivity contribution in [2.45, 2.75) is 6.42 Å². The third kappa shape index (κ3) is 6.66. The summed E-state index contributed by atoms with van der Waals surface area (Å²) in [5.74, 6) is 2.01. The van der Waals surface area contributed by atoms with Crippen LogP contribution in [0.3, 0.4) is 0 Å². The Labute approximate surface area is 54.4 Å². The van der Waals surface area contributed by atoms with Crippen molar-refractivity contribution in [3.05, 3.63) is 0 Å². The summed E-state index contributed by atoms with van der Waals surface area (Å²) in [6, 6.07) is 0. The molecule has 0 atom stereocenters. The zero-order valence-corrected chi connectivity index (χ0v) is 6.10. The van der Waals surface area contributed by atoms with Gasteiger partial charge in [0, 0.05) is 5.75 Å².